The number of quaternary nitrogens is 1. The van der Waals surface area contributed by atoms with Crippen LogP contribution in [0, 0.1) is 0 Å². The molecule has 0 radical (unpaired) electrons. The maximum atomic E-state index is 5.90. The van der Waals surface area contributed by atoms with Crippen LogP contribution in [0.1, 0.15) is 24.5 Å². The Bertz CT molecular complexity index is 591. The van der Waals surface area contributed by atoms with Crippen LogP contribution in [-0.2, 0) is 13.2 Å². The Morgan fingerprint density at radius 2 is 2.14 bits per heavy atom. The fraction of sp³-hybridized carbons (Fsp3) is 0.353. The molecule has 5 heteroatoms. The number of ether oxygens (including phenoxy) is 2. The molecule has 1 aromatic heterocycles. The third-order valence-corrected chi connectivity index (χ3v) is 3.86. The number of benzene rings is 1. The van der Waals surface area contributed by atoms with Crippen molar-refractivity contribution >= 4 is 15.9 Å². The van der Waals surface area contributed by atoms with Crippen molar-refractivity contribution in [3.8, 4) is 11.5 Å². The largest absolute Gasteiger partial charge is 0.493 e. The molecule has 0 aliphatic heterocycles. The quantitative estimate of drug-likeness (QED) is 0.731. The monoisotopic (exact) mass is 365 g/mol. The summed E-state index contributed by atoms with van der Waals surface area (Å²) in [6, 6.07) is 8.02. The lowest BCUT2D eigenvalue weighted by molar-refractivity contribution is -0.670. The van der Waals surface area contributed by atoms with E-state index in [2.05, 4.69) is 39.2 Å². The van der Waals surface area contributed by atoms with Crippen molar-refractivity contribution in [1.29, 1.82) is 0 Å². The lowest BCUT2D eigenvalue weighted by Gasteiger charge is -2.14. The van der Waals surface area contributed by atoms with Crippen LogP contribution >= 0.6 is 15.9 Å². The first-order chi connectivity index (χ1) is 10.7. The fourth-order valence-electron chi connectivity index (χ4n) is 2.14. The molecule has 0 spiro atoms. The molecule has 2 rings (SSSR count). The summed E-state index contributed by atoms with van der Waals surface area (Å²) >= 11 is 3.59. The number of pyridine rings is 1. The van der Waals surface area contributed by atoms with E-state index >= 15 is 0 Å². The molecular formula is C17H22BrN2O2+. The molecule has 0 bridgehead atoms. The van der Waals surface area contributed by atoms with Gasteiger partial charge in [0.15, 0.2) is 11.5 Å². The highest BCUT2D eigenvalue weighted by Gasteiger charge is 2.12. The first-order valence-corrected chi connectivity index (χ1v) is 8.23. The van der Waals surface area contributed by atoms with Crippen molar-refractivity contribution in [1.82, 2.24) is 4.98 Å². The predicted octanol–water partition coefficient (Wildman–Crippen LogP) is 2.91. The normalized spacial score (nSPS) is 10.5. The highest BCUT2D eigenvalue weighted by atomic mass is 79.9. The summed E-state index contributed by atoms with van der Waals surface area (Å²) < 4.78 is 12.3. The number of hydrogen-bond acceptors (Lipinski definition) is 3. The Labute approximate surface area is 140 Å². The van der Waals surface area contributed by atoms with Gasteiger partial charge in [-0.2, -0.15) is 0 Å². The van der Waals surface area contributed by atoms with Crippen LogP contribution in [0.4, 0.5) is 0 Å². The van der Waals surface area contributed by atoms with Gasteiger partial charge in [0, 0.05) is 23.5 Å². The number of nitrogens with zero attached hydrogens (tertiary/aromatic N) is 1. The molecule has 4 nitrogen and oxygen atoms in total. The molecule has 22 heavy (non-hydrogen) atoms. The number of nitrogens with two attached hydrogens (primary N) is 1. The molecule has 0 amide bonds. The molecule has 0 atom stereocenters. The van der Waals surface area contributed by atoms with Crippen LogP contribution in [0.5, 0.6) is 11.5 Å². The van der Waals surface area contributed by atoms with Gasteiger partial charge >= 0.3 is 0 Å². The maximum absolute atomic E-state index is 5.90. The molecule has 0 saturated carbocycles. The average Bonchev–Trinajstić information content (AvgIpc) is 2.54. The van der Waals surface area contributed by atoms with Gasteiger partial charge in [0.1, 0.15) is 13.2 Å². The Hall–Kier alpha value is -1.59. The van der Waals surface area contributed by atoms with E-state index in [9.17, 15) is 0 Å². The molecule has 0 fully saturated rings. The van der Waals surface area contributed by atoms with E-state index in [1.54, 1.807) is 19.5 Å². The van der Waals surface area contributed by atoms with E-state index in [0.717, 1.165) is 34.6 Å². The van der Waals surface area contributed by atoms with Gasteiger partial charge in [0.2, 0.25) is 0 Å². The molecule has 118 valence electrons. The van der Waals surface area contributed by atoms with Gasteiger partial charge in [-0.05, 0) is 40.5 Å². The first-order valence-electron chi connectivity index (χ1n) is 7.44. The number of aromatic nitrogens is 1. The molecule has 0 saturated heterocycles. The second-order valence-corrected chi connectivity index (χ2v) is 5.89. The lowest BCUT2D eigenvalue weighted by Crippen LogP contribution is -2.82. The van der Waals surface area contributed by atoms with Crippen LogP contribution < -0.4 is 14.8 Å². The molecule has 1 aromatic carbocycles. The fourth-order valence-corrected chi connectivity index (χ4v) is 2.75. The molecule has 2 aromatic rings. The molecule has 0 aliphatic rings. The number of rotatable bonds is 8. The van der Waals surface area contributed by atoms with Gasteiger partial charge in [0.05, 0.1) is 18.1 Å². The van der Waals surface area contributed by atoms with Crippen molar-refractivity contribution in [3.05, 3.63) is 52.3 Å². The molecule has 0 aliphatic carbocycles. The van der Waals surface area contributed by atoms with Crippen LogP contribution in [0.3, 0.4) is 0 Å². The van der Waals surface area contributed by atoms with E-state index in [-0.39, 0.29) is 0 Å². The second-order valence-electron chi connectivity index (χ2n) is 5.04. The van der Waals surface area contributed by atoms with Gasteiger partial charge in [-0.25, -0.2) is 0 Å². The topological polar surface area (TPSA) is 48.0 Å². The molecular weight excluding hydrogens is 344 g/mol. The highest BCUT2D eigenvalue weighted by molar-refractivity contribution is 9.10. The van der Waals surface area contributed by atoms with Crippen LogP contribution in [0.15, 0.2) is 41.1 Å². The Kier molecular flexibility index (Phi) is 6.68. The first kappa shape index (κ1) is 16.8. The van der Waals surface area contributed by atoms with E-state index in [1.165, 1.54) is 12.0 Å². The van der Waals surface area contributed by atoms with E-state index in [1.807, 2.05) is 18.2 Å². The van der Waals surface area contributed by atoms with Crippen LogP contribution in [0.2, 0.25) is 0 Å². The van der Waals surface area contributed by atoms with Crippen molar-refractivity contribution in [2.24, 2.45) is 0 Å². The lowest BCUT2D eigenvalue weighted by atomic mass is 10.2. The van der Waals surface area contributed by atoms with Crippen molar-refractivity contribution in [3.63, 3.8) is 0 Å². The van der Waals surface area contributed by atoms with Crippen molar-refractivity contribution < 1.29 is 14.8 Å². The van der Waals surface area contributed by atoms with Gasteiger partial charge in [-0.3, -0.25) is 4.98 Å². The number of hydrogen-bond donors (Lipinski definition) is 1. The van der Waals surface area contributed by atoms with Gasteiger partial charge in [0.25, 0.3) is 0 Å². The minimum absolute atomic E-state index is 0.462. The summed E-state index contributed by atoms with van der Waals surface area (Å²) in [5, 5.41) is 2.29. The van der Waals surface area contributed by atoms with E-state index in [0.29, 0.717) is 6.61 Å². The van der Waals surface area contributed by atoms with Gasteiger partial charge in [-0.1, -0.05) is 13.0 Å². The molecule has 2 N–H and O–H groups in total. The van der Waals surface area contributed by atoms with Gasteiger partial charge < -0.3 is 14.8 Å². The molecule has 0 unspecified atom stereocenters. The average molecular weight is 366 g/mol. The molecule has 1 heterocycles. The van der Waals surface area contributed by atoms with Crippen molar-refractivity contribution in [2.45, 2.75) is 26.5 Å². The summed E-state index contributed by atoms with van der Waals surface area (Å²) in [5.74, 6) is 1.48. The Morgan fingerprint density at radius 1 is 1.27 bits per heavy atom. The summed E-state index contributed by atoms with van der Waals surface area (Å²) in [4.78, 5) is 4.09. The Morgan fingerprint density at radius 3 is 2.82 bits per heavy atom. The summed E-state index contributed by atoms with van der Waals surface area (Å²) in [6.07, 6.45) is 4.72. The third-order valence-electron chi connectivity index (χ3n) is 3.27. The summed E-state index contributed by atoms with van der Waals surface area (Å²) in [5.41, 5.74) is 2.24. The zero-order chi connectivity index (χ0) is 15.8. The minimum atomic E-state index is 0.462. The number of halogens is 1. The predicted molar refractivity (Wildman–Crippen MR) is 90.1 cm³/mol. The summed E-state index contributed by atoms with van der Waals surface area (Å²) in [7, 11) is 1.66. The van der Waals surface area contributed by atoms with Crippen molar-refractivity contribution in [2.75, 3.05) is 13.7 Å². The Balaban J connectivity index is 2.09. The van der Waals surface area contributed by atoms with Crippen LogP contribution in [-0.4, -0.2) is 18.6 Å². The smallest absolute Gasteiger partial charge is 0.175 e. The third kappa shape index (κ3) is 4.71. The SMILES string of the molecule is CCC[NH2+]Cc1cc(Br)c(OCc2cccnc2)c(OC)c1. The maximum Gasteiger partial charge on any atom is 0.175 e. The zero-order valence-electron chi connectivity index (χ0n) is 13.0. The van der Waals surface area contributed by atoms with E-state index in [4.69, 9.17) is 9.47 Å². The van der Waals surface area contributed by atoms with Gasteiger partial charge in [-0.15, -0.1) is 0 Å². The van der Waals surface area contributed by atoms with E-state index < -0.39 is 0 Å². The van der Waals surface area contributed by atoms with Crippen LogP contribution in [0.25, 0.3) is 0 Å². The highest BCUT2D eigenvalue weighted by Crippen LogP contribution is 2.37. The number of methoxy groups -OCH3 is 1. The zero-order valence-corrected chi connectivity index (χ0v) is 14.6. The second kappa shape index (κ2) is 8.76. The summed E-state index contributed by atoms with van der Waals surface area (Å²) in [6.45, 7) is 4.71. The standard InChI is InChI=1S/C17H21BrN2O2/c1-3-6-19-11-14-8-15(18)17(16(9-14)21-2)22-12-13-5-4-7-20-10-13/h4-5,7-10,19H,3,6,11-12H2,1-2H3/p+1. The minimum Gasteiger partial charge on any atom is -0.493 e.